The van der Waals surface area contributed by atoms with Gasteiger partial charge in [0.05, 0.1) is 19.3 Å². The minimum absolute atomic E-state index is 0.0242. The van der Waals surface area contributed by atoms with Crippen molar-refractivity contribution >= 4 is 0 Å². The van der Waals surface area contributed by atoms with Gasteiger partial charge in [-0.15, -0.1) is 0 Å². The Morgan fingerprint density at radius 3 is 2.53 bits per heavy atom. The summed E-state index contributed by atoms with van der Waals surface area (Å²) in [6.07, 6.45) is 0.809. The van der Waals surface area contributed by atoms with Gasteiger partial charge in [0.15, 0.2) is 0 Å². The van der Waals surface area contributed by atoms with Gasteiger partial charge in [-0.1, -0.05) is 37.3 Å². The molecule has 0 spiro atoms. The van der Waals surface area contributed by atoms with E-state index in [1.165, 1.54) is 0 Å². The number of ether oxygens (including phenoxy) is 1. The maximum atomic E-state index is 9.77. The second kappa shape index (κ2) is 8.23. The number of hydrogen-bond donors (Lipinski definition) is 2. The summed E-state index contributed by atoms with van der Waals surface area (Å²) in [4.78, 5) is 0. The molecule has 0 aliphatic rings. The predicted octanol–water partition coefficient (Wildman–Crippen LogP) is 1.97. The Hall–Kier alpha value is -0.900. The highest BCUT2D eigenvalue weighted by Crippen LogP contribution is 2.13. The third kappa shape index (κ3) is 5.31. The van der Waals surface area contributed by atoms with E-state index in [2.05, 4.69) is 0 Å². The molecule has 0 radical (unpaired) electrons. The van der Waals surface area contributed by atoms with Gasteiger partial charge in [-0.3, -0.25) is 0 Å². The van der Waals surface area contributed by atoms with Crippen LogP contribution in [0.15, 0.2) is 30.3 Å². The van der Waals surface area contributed by atoms with Gasteiger partial charge in [-0.2, -0.15) is 0 Å². The smallest absolute Gasteiger partial charge is 0.0717 e. The maximum Gasteiger partial charge on any atom is 0.0717 e. The van der Waals surface area contributed by atoms with Crippen molar-refractivity contribution in [2.45, 2.75) is 32.5 Å². The van der Waals surface area contributed by atoms with E-state index in [0.717, 1.165) is 12.0 Å². The fraction of sp³-hybridized carbons (Fsp3) is 0.571. The Kier molecular flexibility index (Phi) is 6.86. The molecule has 0 fully saturated rings. The van der Waals surface area contributed by atoms with Crippen LogP contribution in [-0.4, -0.2) is 29.5 Å². The van der Waals surface area contributed by atoms with Crippen LogP contribution in [0.25, 0.3) is 0 Å². The van der Waals surface area contributed by atoms with Gasteiger partial charge in [-0.05, 0) is 18.4 Å². The molecule has 1 rings (SSSR count). The average Bonchev–Trinajstić information content (AvgIpc) is 2.36. The molecule has 0 aliphatic carbocycles. The molecule has 0 heterocycles. The highest BCUT2D eigenvalue weighted by Gasteiger charge is 2.16. The molecule has 2 atom stereocenters. The third-order valence-corrected chi connectivity index (χ3v) is 2.94. The molecular formula is C14H22O3. The number of hydrogen-bond acceptors (Lipinski definition) is 3. The largest absolute Gasteiger partial charge is 0.396 e. The van der Waals surface area contributed by atoms with E-state index in [1.807, 2.05) is 37.3 Å². The second-order valence-electron chi connectivity index (χ2n) is 4.25. The van der Waals surface area contributed by atoms with Gasteiger partial charge in [0.25, 0.3) is 0 Å². The Balaban J connectivity index is 2.28. The first-order valence-electron chi connectivity index (χ1n) is 6.18. The summed E-state index contributed by atoms with van der Waals surface area (Å²) in [7, 11) is 0. The van der Waals surface area contributed by atoms with E-state index in [4.69, 9.17) is 9.84 Å². The van der Waals surface area contributed by atoms with Gasteiger partial charge < -0.3 is 14.9 Å². The highest BCUT2D eigenvalue weighted by molar-refractivity contribution is 5.13. The molecule has 1 aromatic rings. The van der Waals surface area contributed by atoms with Crippen LogP contribution in [0, 0.1) is 5.92 Å². The molecule has 0 bridgehead atoms. The van der Waals surface area contributed by atoms with E-state index in [9.17, 15) is 5.11 Å². The summed E-state index contributed by atoms with van der Waals surface area (Å²) >= 11 is 0. The molecule has 0 aliphatic heterocycles. The Bertz CT molecular complexity index is 287. The molecule has 3 heteroatoms. The predicted molar refractivity (Wildman–Crippen MR) is 67.6 cm³/mol. The minimum atomic E-state index is -0.472. The van der Waals surface area contributed by atoms with Crippen molar-refractivity contribution in [3.05, 3.63) is 35.9 Å². The molecule has 0 saturated carbocycles. The fourth-order valence-corrected chi connectivity index (χ4v) is 1.77. The Morgan fingerprint density at radius 2 is 1.94 bits per heavy atom. The van der Waals surface area contributed by atoms with Crippen LogP contribution in [0.2, 0.25) is 0 Å². The molecule has 0 aromatic heterocycles. The summed E-state index contributed by atoms with van der Waals surface area (Å²) in [6, 6.07) is 9.98. The third-order valence-electron chi connectivity index (χ3n) is 2.94. The topological polar surface area (TPSA) is 49.7 Å². The quantitative estimate of drug-likeness (QED) is 0.728. The van der Waals surface area contributed by atoms with E-state index >= 15 is 0 Å². The lowest BCUT2D eigenvalue weighted by molar-refractivity contribution is 0.00909. The number of aliphatic hydroxyl groups is 2. The van der Waals surface area contributed by atoms with Crippen molar-refractivity contribution < 1.29 is 14.9 Å². The summed E-state index contributed by atoms with van der Waals surface area (Å²) < 4.78 is 5.60. The lowest BCUT2D eigenvalue weighted by Gasteiger charge is -2.20. The minimum Gasteiger partial charge on any atom is -0.396 e. The molecule has 1 aromatic carbocycles. The Labute approximate surface area is 103 Å². The van der Waals surface area contributed by atoms with E-state index in [0.29, 0.717) is 19.6 Å². The van der Waals surface area contributed by atoms with Gasteiger partial charge >= 0.3 is 0 Å². The second-order valence-corrected chi connectivity index (χ2v) is 4.25. The van der Waals surface area contributed by atoms with Crippen molar-refractivity contribution in [2.24, 2.45) is 5.92 Å². The van der Waals surface area contributed by atoms with Gasteiger partial charge in [0.1, 0.15) is 0 Å². The normalized spacial score (nSPS) is 14.5. The monoisotopic (exact) mass is 238 g/mol. The number of benzene rings is 1. The van der Waals surface area contributed by atoms with Gasteiger partial charge in [-0.25, -0.2) is 0 Å². The summed E-state index contributed by atoms with van der Waals surface area (Å²) in [5.74, 6) is 0.103. The van der Waals surface area contributed by atoms with E-state index < -0.39 is 6.10 Å². The molecular weight excluding hydrogens is 216 g/mol. The van der Waals surface area contributed by atoms with Crippen LogP contribution in [0.4, 0.5) is 0 Å². The molecule has 3 nitrogen and oxygen atoms in total. The van der Waals surface area contributed by atoms with Gasteiger partial charge in [0.2, 0.25) is 0 Å². The average molecular weight is 238 g/mol. The van der Waals surface area contributed by atoms with E-state index in [1.54, 1.807) is 0 Å². The first-order chi connectivity index (χ1) is 8.27. The van der Waals surface area contributed by atoms with Gasteiger partial charge in [0, 0.05) is 12.5 Å². The van der Waals surface area contributed by atoms with Crippen LogP contribution in [-0.2, 0) is 11.3 Å². The zero-order chi connectivity index (χ0) is 12.5. The molecule has 0 unspecified atom stereocenters. The first kappa shape index (κ1) is 14.2. The zero-order valence-corrected chi connectivity index (χ0v) is 10.4. The first-order valence-corrected chi connectivity index (χ1v) is 6.18. The maximum absolute atomic E-state index is 9.77. The van der Waals surface area contributed by atoms with Crippen molar-refractivity contribution in [3.63, 3.8) is 0 Å². The van der Waals surface area contributed by atoms with Crippen LogP contribution >= 0.6 is 0 Å². The molecule has 2 N–H and O–H groups in total. The van der Waals surface area contributed by atoms with Crippen molar-refractivity contribution in [1.82, 2.24) is 0 Å². The van der Waals surface area contributed by atoms with E-state index in [-0.39, 0.29) is 12.5 Å². The van der Waals surface area contributed by atoms with Crippen LogP contribution in [0.1, 0.15) is 25.3 Å². The molecule has 0 amide bonds. The lowest BCUT2D eigenvalue weighted by Crippen LogP contribution is -2.25. The lowest BCUT2D eigenvalue weighted by atomic mass is 9.98. The van der Waals surface area contributed by atoms with Crippen LogP contribution < -0.4 is 0 Å². The molecule has 96 valence electrons. The van der Waals surface area contributed by atoms with Crippen molar-refractivity contribution in [1.29, 1.82) is 0 Å². The van der Waals surface area contributed by atoms with Crippen LogP contribution in [0.5, 0.6) is 0 Å². The standard InChI is InChI=1S/C14H22O3/c1-2-13(14(16)8-9-15)11-17-10-12-6-4-3-5-7-12/h3-7,13-16H,2,8-11H2,1H3/t13-,14-/m1/s1. The van der Waals surface area contributed by atoms with Crippen LogP contribution in [0.3, 0.4) is 0 Å². The summed E-state index contributed by atoms with van der Waals surface area (Å²) in [5, 5.41) is 18.5. The van der Waals surface area contributed by atoms with Crippen molar-refractivity contribution in [3.8, 4) is 0 Å². The number of aliphatic hydroxyl groups excluding tert-OH is 2. The fourth-order valence-electron chi connectivity index (χ4n) is 1.77. The van der Waals surface area contributed by atoms with Crippen molar-refractivity contribution in [2.75, 3.05) is 13.2 Å². The molecule has 17 heavy (non-hydrogen) atoms. The number of rotatable bonds is 8. The zero-order valence-electron chi connectivity index (χ0n) is 10.4. The summed E-state index contributed by atoms with van der Waals surface area (Å²) in [5.41, 5.74) is 1.14. The SMILES string of the molecule is CC[C@H](COCc1ccccc1)[C@H](O)CCO. The molecule has 0 saturated heterocycles. The Morgan fingerprint density at radius 1 is 1.24 bits per heavy atom. The highest BCUT2D eigenvalue weighted by atomic mass is 16.5. The summed E-state index contributed by atoms with van der Waals surface area (Å²) in [6.45, 7) is 3.16.